The Morgan fingerprint density at radius 1 is 1.06 bits per heavy atom. The quantitative estimate of drug-likeness (QED) is 0.782. The molecule has 0 unspecified atom stereocenters. The van der Waals surface area contributed by atoms with Gasteiger partial charge in [0.05, 0.1) is 0 Å². The summed E-state index contributed by atoms with van der Waals surface area (Å²) in [7, 11) is 0. The summed E-state index contributed by atoms with van der Waals surface area (Å²) in [6.07, 6.45) is 1.28. The van der Waals surface area contributed by atoms with Crippen LogP contribution in [0.5, 0.6) is 0 Å². The van der Waals surface area contributed by atoms with E-state index in [1.165, 1.54) is 18.2 Å². The van der Waals surface area contributed by atoms with E-state index in [1.807, 2.05) is 0 Å². The van der Waals surface area contributed by atoms with Crippen molar-refractivity contribution in [2.75, 3.05) is 26.2 Å². The SMILES string of the molecule is O=Cc1cc(C=O)cc(C(=O)N2CCNCC2)c1. The van der Waals surface area contributed by atoms with Crippen LogP contribution in [0.25, 0.3) is 0 Å². The lowest BCUT2D eigenvalue weighted by atomic mass is 10.1. The molecule has 0 bridgehead atoms. The Balaban J connectivity index is 2.28. The Labute approximate surface area is 105 Å². The molecule has 0 spiro atoms. The maximum Gasteiger partial charge on any atom is 0.253 e. The summed E-state index contributed by atoms with van der Waals surface area (Å²) in [5.74, 6) is -0.136. The van der Waals surface area contributed by atoms with Crippen molar-refractivity contribution >= 4 is 18.5 Å². The number of hydrogen-bond donors (Lipinski definition) is 1. The minimum absolute atomic E-state index is 0.136. The van der Waals surface area contributed by atoms with Gasteiger partial charge in [0.1, 0.15) is 12.6 Å². The van der Waals surface area contributed by atoms with E-state index in [0.29, 0.717) is 42.4 Å². The van der Waals surface area contributed by atoms with Crippen molar-refractivity contribution in [1.29, 1.82) is 0 Å². The van der Waals surface area contributed by atoms with Gasteiger partial charge < -0.3 is 10.2 Å². The zero-order valence-electron chi connectivity index (χ0n) is 9.89. The van der Waals surface area contributed by atoms with E-state index in [1.54, 1.807) is 4.90 Å². The second-order valence-electron chi connectivity index (χ2n) is 4.17. The summed E-state index contributed by atoms with van der Waals surface area (Å²) in [6, 6.07) is 4.50. The second kappa shape index (κ2) is 5.55. The summed E-state index contributed by atoms with van der Waals surface area (Å²) in [5, 5.41) is 3.16. The number of piperazine rings is 1. The van der Waals surface area contributed by atoms with Crippen molar-refractivity contribution in [3.8, 4) is 0 Å². The molecule has 18 heavy (non-hydrogen) atoms. The monoisotopic (exact) mass is 246 g/mol. The van der Waals surface area contributed by atoms with E-state index in [4.69, 9.17) is 0 Å². The van der Waals surface area contributed by atoms with Gasteiger partial charge in [0.2, 0.25) is 0 Å². The summed E-state index contributed by atoms with van der Waals surface area (Å²) in [5.41, 5.74) is 1.08. The first-order valence-corrected chi connectivity index (χ1v) is 5.80. The minimum Gasteiger partial charge on any atom is -0.336 e. The number of aldehydes is 2. The fourth-order valence-electron chi connectivity index (χ4n) is 1.99. The van der Waals surface area contributed by atoms with Crippen LogP contribution in [0.3, 0.4) is 0 Å². The molecule has 0 saturated carbocycles. The first-order valence-electron chi connectivity index (χ1n) is 5.80. The highest BCUT2D eigenvalue weighted by Crippen LogP contribution is 2.11. The number of benzene rings is 1. The standard InChI is InChI=1S/C13H14N2O3/c16-8-10-5-11(9-17)7-12(6-10)13(18)15-3-1-14-2-4-15/h5-9,14H,1-4H2. The van der Waals surface area contributed by atoms with Crippen LogP contribution in [0, 0.1) is 0 Å². The summed E-state index contributed by atoms with van der Waals surface area (Å²) < 4.78 is 0. The molecule has 2 rings (SSSR count). The fourth-order valence-corrected chi connectivity index (χ4v) is 1.99. The van der Waals surface area contributed by atoms with Gasteiger partial charge in [-0.25, -0.2) is 0 Å². The number of nitrogens with one attached hydrogen (secondary N) is 1. The maximum atomic E-state index is 12.2. The Morgan fingerprint density at radius 3 is 2.11 bits per heavy atom. The molecule has 1 heterocycles. The molecule has 1 aromatic rings. The zero-order valence-corrected chi connectivity index (χ0v) is 9.89. The number of nitrogens with zero attached hydrogens (tertiary/aromatic N) is 1. The number of carbonyl (C=O) groups excluding carboxylic acids is 3. The summed E-state index contributed by atoms with van der Waals surface area (Å²) in [4.78, 5) is 35.5. The minimum atomic E-state index is -0.136. The second-order valence-corrected chi connectivity index (χ2v) is 4.17. The Bertz CT molecular complexity index is 453. The van der Waals surface area contributed by atoms with Crippen LogP contribution in [-0.2, 0) is 0 Å². The van der Waals surface area contributed by atoms with Gasteiger partial charge in [0, 0.05) is 42.9 Å². The fraction of sp³-hybridized carbons (Fsp3) is 0.308. The third-order valence-electron chi connectivity index (χ3n) is 2.90. The molecule has 1 N–H and O–H groups in total. The number of amides is 1. The van der Waals surface area contributed by atoms with Crippen LogP contribution in [0.15, 0.2) is 18.2 Å². The number of rotatable bonds is 3. The van der Waals surface area contributed by atoms with Gasteiger partial charge in [-0.3, -0.25) is 14.4 Å². The lowest BCUT2D eigenvalue weighted by Gasteiger charge is -2.27. The smallest absolute Gasteiger partial charge is 0.253 e. The van der Waals surface area contributed by atoms with Crippen LogP contribution in [0.2, 0.25) is 0 Å². The van der Waals surface area contributed by atoms with E-state index in [2.05, 4.69) is 5.32 Å². The summed E-state index contributed by atoms with van der Waals surface area (Å²) >= 11 is 0. The maximum absolute atomic E-state index is 12.2. The van der Waals surface area contributed by atoms with Crippen molar-refractivity contribution in [2.24, 2.45) is 0 Å². The predicted molar refractivity (Wildman–Crippen MR) is 66.0 cm³/mol. The highest BCUT2D eigenvalue weighted by Gasteiger charge is 2.18. The van der Waals surface area contributed by atoms with Crippen molar-refractivity contribution in [2.45, 2.75) is 0 Å². The Morgan fingerprint density at radius 2 is 1.61 bits per heavy atom. The van der Waals surface area contributed by atoms with Crippen molar-refractivity contribution in [3.05, 3.63) is 34.9 Å². The van der Waals surface area contributed by atoms with Crippen LogP contribution in [0.1, 0.15) is 31.1 Å². The van der Waals surface area contributed by atoms with E-state index >= 15 is 0 Å². The van der Waals surface area contributed by atoms with Gasteiger partial charge >= 0.3 is 0 Å². The largest absolute Gasteiger partial charge is 0.336 e. The van der Waals surface area contributed by atoms with Crippen LogP contribution >= 0.6 is 0 Å². The Hall–Kier alpha value is -2.01. The number of carbonyl (C=O) groups is 3. The van der Waals surface area contributed by atoms with Crippen LogP contribution in [-0.4, -0.2) is 49.6 Å². The molecule has 0 aliphatic carbocycles. The molecule has 0 atom stereocenters. The molecule has 1 aromatic carbocycles. The van der Waals surface area contributed by atoms with E-state index in [-0.39, 0.29) is 5.91 Å². The third kappa shape index (κ3) is 2.62. The van der Waals surface area contributed by atoms with Crippen molar-refractivity contribution in [3.63, 3.8) is 0 Å². The van der Waals surface area contributed by atoms with E-state index < -0.39 is 0 Å². The van der Waals surface area contributed by atoms with E-state index in [0.717, 1.165) is 13.1 Å². The molecule has 5 nitrogen and oxygen atoms in total. The molecule has 0 aromatic heterocycles. The molecule has 94 valence electrons. The van der Waals surface area contributed by atoms with Crippen molar-refractivity contribution in [1.82, 2.24) is 10.2 Å². The summed E-state index contributed by atoms with van der Waals surface area (Å²) in [6.45, 7) is 2.81. The van der Waals surface area contributed by atoms with Crippen molar-refractivity contribution < 1.29 is 14.4 Å². The molecule has 1 amide bonds. The van der Waals surface area contributed by atoms with E-state index in [9.17, 15) is 14.4 Å². The highest BCUT2D eigenvalue weighted by atomic mass is 16.2. The average Bonchev–Trinajstić information content (AvgIpc) is 2.46. The normalized spacial score (nSPS) is 15.2. The molecular formula is C13H14N2O3. The molecule has 1 aliphatic rings. The third-order valence-corrected chi connectivity index (χ3v) is 2.90. The first kappa shape index (κ1) is 12.4. The zero-order chi connectivity index (χ0) is 13.0. The molecule has 1 fully saturated rings. The molecule has 1 aliphatic heterocycles. The van der Waals surface area contributed by atoms with Crippen LogP contribution < -0.4 is 5.32 Å². The highest BCUT2D eigenvalue weighted by molar-refractivity contribution is 5.97. The van der Waals surface area contributed by atoms with Gasteiger partial charge in [0.25, 0.3) is 5.91 Å². The number of hydrogen-bond acceptors (Lipinski definition) is 4. The average molecular weight is 246 g/mol. The van der Waals surface area contributed by atoms with Gasteiger partial charge in [-0.05, 0) is 18.2 Å². The van der Waals surface area contributed by atoms with Gasteiger partial charge in [0.15, 0.2) is 0 Å². The topological polar surface area (TPSA) is 66.5 Å². The predicted octanol–water partition coefficient (Wildman–Crippen LogP) is 0.357. The van der Waals surface area contributed by atoms with Gasteiger partial charge in [-0.2, -0.15) is 0 Å². The lowest BCUT2D eigenvalue weighted by molar-refractivity contribution is 0.0736. The Kier molecular flexibility index (Phi) is 3.84. The molecule has 5 heteroatoms. The molecule has 0 radical (unpaired) electrons. The first-order chi connectivity index (χ1) is 8.74. The van der Waals surface area contributed by atoms with Crippen LogP contribution in [0.4, 0.5) is 0 Å². The molecule has 1 saturated heterocycles. The molecular weight excluding hydrogens is 232 g/mol. The van der Waals surface area contributed by atoms with Gasteiger partial charge in [-0.1, -0.05) is 0 Å². The van der Waals surface area contributed by atoms with Gasteiger partial charge in [-0.15, -0.1) is 0 Å². The lowest BCUT2D eigenvalue weighted by Crippen LogP contribution is -2.46.